The minimum absolute atomic E-state index is 0.0551. The van der Waals surface area contributed by atoms with Crippen molar-refractivity contribution in [3.8, 4) is 11.5 Å². The zero-order valence-electron chi connectivity index (χ0n) is 14.0. The Kier molecular flexibility index (Phi) is 5.27. The summed E-state index contributed by atoms with van der Waals surface area (Å²) in [4.78, 5) is 12.4. The number of benzene rings is 3. The van der Waals surface area contributed by atoms with E-state index in [9.17, 15) is 13.6 Å². The van der Waals surface area contributed by atoms with E-state index in [1.165, 1.54) is 25.3 Å². The van der Waals surface area contributed by atoms with Gasteiger partial charge in [-0.15, -0.1) is 0 Å². The van der Waals surface area contributed by atoms with Crippen molar-refractivity contribution < 1.29 is 23.0 Å². The van der Waals surface area contributed by atoms with Gasteiger partial charge in [-0.25, -0.2) is 0 Å². The summed E-state index contributed by atoms with van der Waals surface area (Å²) in [6, 6.07) is 17.8. The van der Waals surface area contributed by atoms with Gasteiger partial charge in [0.2, 0.25) is 0 Å². The van der Waals surface area contributed by atoms with Gasteiger partial charge in [-0.2, -0.15) is 8.78 Å². The van der Waals surface area contributed by atoms with Crippen molar-refractivity contribution in [3.63, 3.8) is 0 Å². The van der Waals surface area contributed by atoms with Crippen LogP contribution in [-0.2, 0) is 0 Å². The number of alkyl halides is 2. The highest BCUT2D eigenvalue weighted by Crippen LogP contribution is 2.30. The second-order valence-electron chi connectivity index (χ2n) is 5.55. The van der Waals surface area contributed by atoms with Gasteiger partial charge in [0.25, 0.3) is 0 Å². The highest BCUT2D eigenvalue weighted by Gasteiger charge is 2.10. The van der Waals surface area contributed by atoms with Gasteiger partial charge in [0.05, 0.1) is 7.11 Å². The number of ketones is 1. The van der Waals surface area contributed by atoms with Crippen LogP contribution in [0.15, 0.2) is 66.7 Å². The first-order valence-electron chi connectivity index (χ1n) is 7.91. The summed E-state index contributed by atoms with van der Waals surface area (Å²) in [5.74, 6) is -0.0336. The molecule has 3 nitrogen and oxygen atoms in total. The number of halogens is 2. The molecule has 0 aromatic heterocycles. The van der Waals surface area contributed by atoms with Crippen LogP contribution in [0.4, 0.5) is 8.78 Å². The predicted molar refractivity (Wildman–Crippen MR) is 96.9 cm³/mol. The van der Waals surface area contributed by atoms with Crippen molar-refractivity contribution in [2.45, 2.75) is 6.61 Å². The van der Waals surface area contributed by atoms with Crippen LogP contribution >= 0.6 is 0 Å². The molecule has 0 fully saturated rings. The molecule has 0 heterocycles. The van der Waals surface area contributed by atoms with Crippen LogP contribution in [0.25, 0.3) is 16.8 Å². The summed E-state index contributed by atoms with van der Waals surface area (Å²) < 4.78 is 34.1. The first-order chi connectivity index (χ1) is 12.6. The summed E-state index contributed by atoms with van der Waals surface area (Å²) in [7, 11) is 1.36. The van der Waals surface area contributed by atoms with Crippen LogP contribution in [0, 0.1) is 0 Å². The van der Waals surface area contributed by atoms with Crippen LogP contribution in [-0.4, -0.2) is 19.5 Å². The Morgan fingerprint density at radius 3 is 2.46 bits per heavy atom. The second kappa shape index (κ2) is 7.78. The Morgan fingerprint density at radius 1 is 0.962 bits per heavy atom. The Hall–Kier alpha value is -3.21. The number of methoxy groups -OCH3 is 1. The van der Waals surface area contributed by atoms with Crippen molar-refractivity contribution in [3.05, 3.63) is 77.9 Å². The number of allylic oxidation sites excluding steroid dienone is 1. The molecule has 0 radical (unpaired) electrons. The quantitative estimate of drug-likeness (QED) is 0.442. The molecule has 0 aliphatic rings. The largest absolute Gasteiger partial charge is 0.493 e. The van der Waals surface area contributed by atoms with Crippen molar-refractivity contribution in [2.75, 3.05) is 7.11 Å². The fraction of sp³-hybridized carbons (Fsp3) is 0.0952. The highest BCUT2D eigenvalue weighted by atomic mass is 19.3. The van der Waals surface area contributed by atoms with Gasteiger partial charge in [-0.05, 0) is 40.6 Å². The standard InChI is InChI=1S/C21H16F2O3/c1-25-20-12-14(7-11-19(20)26-21(22)23)6-10-18(24)17-9-8-15-4-2-3-5-16(15)13-17/h2-13,21H,1H3/b10-6+. The molecule has 26 heavy (non-hydrogen) atoms. The Labute approximate surface area is 149 Å². The molecule has 0 atom stereocenters. The molecule has 3 rings (SSSR count). The first-order valence-corrected chi connectivity index (χ1v) is 7.91. The second-order valence-corrected chi connectivity index (χ2v) is 5.55. The summed E-state index contributed by atoms with van der Waals surface area (Å²) >= 11 is 0. The lowest BCUT2D eigenvalue weighted by molar-refractivity contribution is -0.0512. The zero-order chi connectivity index (χ0) is 18.5. The molecule has 0 saturated carbocycles. The van der Waals surface area contributed by atoms with E-state index < -0.39 is 6.61 Å². The van der Waals surface area contributed by atoms with E-state index in [0.29, 0.717) is 11.1 Å². The van der Waals surface area contributed by atoms with Gasteiger partial charge in [-0.3, -0.25) is 4.79 Å². The van der Waals surface area contributed by atoms with E-state index in [1.54, 1.807) is 18.2 Å². The molecule has 132 valence electrons. The van der Waals surface area contributed by atoms with E-state index in [2.05, 4.69) is 4.74 Å². The number of hydrogen-bond donors (Lipinski definition) is 0. The average molecular weight is 354 g/mol. The van der Waals surface area contributed by atoms with Gasteiger partial charge in [0, 0.05) is 5.56 Å². The molecular weight excluding hydrogens is 338 g/mol. The van der Waals surface area contributed by atoms with Crippen molar-refractivity contribution in [2.24, 2.45) is 0 Å². The summed E-state index contributed by atoms with van der Waals surface area (Å²) in [6.45, 7) is -2.93. The van der Waals surface area contributed by atoms with Crippen LogP contribution in [0.1, 0.15) is 15.9 Å². The van der Waals surface area contributed by atoms with E-state index >= 15 is 0 Å². The summed E-state index contributed by atoms with van der Waals surface area (Å²) in [5.41, 5.74) is 1.21. The van der Waals surface area contributed by atoms with E-state index in [4.69, 9.17) is 4.74 Å². The fourth-order valence-electron chi connectivity index (χ4n) is 2.59. The van der Waals surface area contributed by atoms with E-state index in [0.717, 1.165) is 10.8 Å². The van der Waals surface area contributed by atoms with Crippen molar-refractivity contribution in [1.82, 2.24) is 0 Å². The Morgan fingerprint density at radius 2 is 1.73 bits per heavy atom. The molecule has 5 heteroatoms. The fourth-order valence-corrected chi connectivity index (χ4v) is 2.59. The highest BCUT2D eigenvalue weighted by molar-refractivity contribution is 6.08. The van der Waals surface area contributed by atoms with Gasteiger partial charge in [0.15, 0.2) is 17.3 Å². The van der Waals surface area contributed by atoms with Crippen molar-refractivity contribution >= 4 is 22.6 Å². The van der Waals surface area contributed by atoms with E-state index in [1.807, 2.05) is 36.4 Å². The van der Waals surface area contributed by atoms with Gasteiger partial charge < -0.3 is 9.47 Å². The molecule has 0 aliphatic heterocycles. The lowest BCUT2D eigenvalue weighted by Crippen LogP contribution is -2.03. The molecule has 0 saturated heterocycles. The minimum atomic E-state index is -2.93. The SMILES string of the molecule is COc1cc(/C=C/C(=O)c2ccc3ccccc3c2)ccc1OC(F)F. The zero-order valence-corrected chi connectivity index (χ0v) is 14.0. The molecule has 3 aromatic rings. The third-order valence-corrected chi connectivity index (χ3v) is 3.86. The van der Waals surface area contributed by atoms with Crippen LogP contribution in [0.5, 0.6) is 11.5 Å². The third kappa shape index (κ3) is 4.06. The topological polar surface area (TPSA) is 35.5 Å². The van der Waals surface area contributed by atoms with Gasteiger partial charge in [-0.1, -0.05) is 48.5 Å². The van der Waals surface area contributed by atoms with E-state index in [-0.39, 0.29) is 17.3 Å². The minimum Gasteiger partial charge on any atom is -0.493 e. The number of fused-ring (bicyclic) bond motifs is 1. The Bertz CT molecular complexity index is 964. The molecule has 0 amide bonds. The first kappa shape index (κ1) is 17.6. The van der Waals surface area contributed by atoms with Gasteiger partial charge in [0.1, 0.15) is 0 Å². The van der Waals surface area contributed by atoms with Crippen molar-refractivity contribution in [1.29, 1.82) is 0 Å². The molecule has 0 spiro atoms. The maximum Gasteiger partial charge on any atom is 0.387 e. The molecule has 0 unspecified atom stereocenters. The molecule has 0 bridgehead atoms. The van der Waals surface area contributed by atoms with Gasteiger partial charge >= 0.3 is 6.61 Å². The lowest BCUT2D eigenvalue weighted by Gasteiger charge is -2.10. The molecule has 0 N–H and O–H groups in total. The summed E-state index contributed by atoms with van der Waals surface area (Å²) in [6.07, 6.45) is 3.04. The number of hydrogen-bond acceptors (Lipinski definition) is 3. The third-order valence-electron chi connectivity index (χ3n) is 3.86. The summed E-state index contributed by atoms with van der Waals surface area (Å²) in [5, 5.41) is 2.05. The lowest BCUT2D eigenvalue weighted by atomic mass is 10.0. The molecule has 0 aliphatic carbocycles. The molecule has 3 aromatic carbocycles. The average Bonchev–Trinajstić information content (AvgIpc) is 2.66. The Balaban J connectivity index is 1.80. The van der Waals surface area contributed by atoms with Crippen LogP contribution in [0.3, 0.4) is 0 Å². The van der Waals surface area contributed by atoms with Crippen LogP contribution in [0.2, 0.25) is 0 Å². The smallest absolute Gasteiger partial charge is 0.387 e. The number of carbonyl (C=O) groups excluding carboxylic acids is 1. The maximum absolute atomic E-state index is 12.4. The monoisotopic (exact) mass is 354 g/mol. The molecular formula is C21H16F2O3. The number of ether oxygens (including phenoxy) is 2. The van der Waals surface area contributed by atoms with Crippen LogP contribution < -0.4 is 9.47 Å². The predicted octanol–water partition coefficient (Wildman–Crippen LogP) is 5.35. The maximum atomic E-state index is 12.4. The normalized spacial score (nSPS) is 11.2. The number of rotatable bonds is 6. The number of carbonyl (C=O) groups is 1.